The van der Waals surface area contributed by atoms with Crippen LogP contribution in [0.2, 0.25) is 0 Å². The maximum Gasteiger partial charge on any atom is 0.241 e. The zero-order chi connectivity index (χ0) is 14.5. The van der Waals surface area contributed by atoms with Crippen molar-refractivity contribution in [2.24, 2.45) is 0 Å². The van der Waals surface area contributed by atoms with Gasteiger partial charge in [0.05, 0.1) is 6.04 Å². The van der Waals surface area contributed by atoms with Crippen molar-refractivity contribution >= 4 is 17.2 Å². The second kappa shape index (κ2) is 7.23. The second-order valence-corrected chi connectivity index (χ2v) is 6.62. The van der Waals surface area contributed by atoms with Crippen molar-refractivity contribution in [3.05, 3.63) is 22.4 Å². The monoisotopic (exact) mass is 294 g/mol. The Balaban J connectivity index is 2.10. The minimum absolute atomic E-state index is 0.0178. The van der Waals surface area contributed by atoms with E-state index in [4.69, 9.17) is 0 Å². The lowest BCUT2D eigenvalue weighted by Crippen LogP contribution is -2.38. The van der Waals surface area contributed by atoms with Crippen LogP contribution in [0.3, 0.4) is 0 Å². The Kier molecular flexibility index (Phi) is 5.61. The number of carbonyl (C=O) groups is 1. The first-order valence-corrected chi connectivity index (χ1v) is 8.68. The van der Waals surface area contributed by atoms with Crippen LogP contribution in [0.4, 0.5) is 0 Å². The van der Waals surface area contributed by atoms with Crippen LogP contribution in [-0.4, -0.2) is 22.9 Å². The summed E-state index contributed by atoms with van der Waals surface area (Å²) in [7, 11) is 0. The largest absolute Gasteiger partial charge is 0.318 e. The Labute approximate surface area is 126 Å². The molecule has 1 N–H and O–H groups in total. The van der Waals surface area contributed by atoms with Gasteiger partial charge in [0.15, 0.2) is 0 Å². The molecule has 0 bridgehead atoms. The van der Waals surface area contributed by atoms with Crippen LogP contribution in [0, 0.1) is 0 Å². The third-order valence-corrected chi connectivity index (χ3v) is 5.04. The third-order valence-electron chi connectivity index (χ3n) is 4.11. The van der Waals surface area contributed by atoms with Crippen LogP contribution in [0.1, 0.15) is 63.9 Å². The van der Waals surface area contributed by atoms with Crippen molar-refractivity contribution in [1.82, 2.24) is 10.2 Å². The Bertz CT molecular complexity index is 418. The molecule has 1 aromatic rings. The van der Waals surface area contributed by atoms with Crippen LogP contribution in [0.15, 0.2) is 17.5 Å². The lowest BCUT2D eigenvalue weighted by molar-refractivity contribution is -0.132. The van der Waals surface area contributed by atoms with E-state index in [2.05, 4.69) is 48.5 Å². The van der Waals surface area contributed by atoms with Gasteiger partial charge in [-0.25, -0.2) is 0 Å². The smallest absolute Gasteiger partial charge is 0.241 e. The van der Waals surface area contributed by atoms with E-state index in [0.717, 1.165) is 12.8 Å². The van der Waals surface area contributed by atoms with Gasteiger partial charge in [-0.3, -0.25) is 10.1 Å². The number of amides is 1. The van der Waals surface area contributed by atoms with E-state index in [9.17, 15) is 4.79 Å². The van der Waals surface area contributed by atoms with Gasteiger partial charge in [-0.1, -0.05) is 39.2 Å². The average Bonchev–Trinajstić information content (AvgIpc) is 3.06. The topological polar surface area (TPSA) is 32.3 Å². The number of rotatable bonds is 7. The van der Waals surface area contributed by atoms with Crippen LogP contribution >= 0.6 is 11.3 Å². The zero-order valence-corrected chi connectivity index (χ0v) is 13.6. The van der Waals surface area contributed by atoms with Crippen LogP contribution in [0.25, 0.3) is 0 Å². The third kappa shape index (κ3) is 3.23. The van der Waals surface area contributed by atoms with Gasteiger partial charge in [0.25, 0.3) is 0 Å². The van der Waals surface area contributed by atoms with Crippen LogP contribution in [-0.2, 0) is 4.79 Å². The molecular weight excluding hydrogens is 268 g/mol. The first kappa shape index (κ1) is 15.5. The summed E-state index contributed by atoms with van der Waals surface area (Å²) in [5.41, 5.74) is 0. The highest BCUT2D eigenvalue weighted by atomic mass is 32.1. The van der Waals surface area contributed by atoms with E-state index in [1.165, 1.54) is 24.1 Å². The normalized spacial score (nSPS) is 24.4. The van der Waals surface area contributed by atoms with Gasteiger partial charge >= 0.3 is 0 Å². The van der Waals surface area contributed by atoms with Crippen LogP contribution in [0.5, 0.6) is 0 Å². The summed E-state index contributed by atoms with van der Waals surface area (Å²) in [6.45, 7) is 6.48. The molecule has 0 aliphatic carbocycles. The number of hydrogen-bond acceptors (Lipinski definition) is 3. The second-order valence-electron chi connectivity index (χ2n) is 5.64. The standard InChI is InChI=1S/C16H26N2OS/c1-4-6-7-9-12(3)18-15(14-10-8-11-20-14)17-13(5-2)16(18)19/h8,10-13,15,17H,4-7,9H2,1-3H3. The van der Waals surface area contributed by atoms with E-state index in [-0.39, 0.29) is 18.1 Å². The summed E-state index contributed by atoms with van der Waals surface area (Å²) in [6.07, 6.45) is 5.71. The summed E-state index contributed by atoms with van der Waals surface area (Å²) in [4.78, 5) is 15.9. The van der Waals surface area contributed by atoms with Gasteiger partial charge in [-0.05, 0) is 31.2 Å². The number of nitrogens with zero attached hydrogens (tertiary/aromatic N) is 1. The maximum atomic E-state index is 12.6. The van der Waals surface area contributed by atoms with E-state index in [1.807, 2.05) is 0 Å². The number of nitrogens with one attached hydrogen (secondary N) is 1. The van der Waals surface area contributed by atoms with Gasteiger partial charge in [0.2, 0.25) is 5.91 Å². The number of carbonyl (C=O) groups excluding carboxylic acids is 1. The molecule has 0 spiro atoms. The van der Waals surface area contributed by atoms with E-state index < -0.39 is 0 Å². The van der Waals surface area contributed by atoms with Crippen LogP contribution < -0.4 is 5.32 Å². The van der Waals surface area contributed by atoms with Crippen molar-refractivity contribution in [2.75, 3.05) is 0 Å². The summed E-state index contributed by atoms with van der Waals surface area (Å²) >= 11 is 1.73. The molecule has 3 nitrogen and oxygen atoms in total. The summed E-state index contributed by atoms with van der Waals surface area (Å²) in [5.74, 6) is 0.273. The molecule has 0 aromatic carbocycles. The minimum atomic E-state index is -0.0178. The average molecular weight is 294 g/mol. The molecule has 0 saturated carbocycles. The summed E-state index contributed by atoms with van der Waals surface area (Å²) in [6, 6.07) is 4.48. The van der Waals surface area contributed by atoms with E-state index in [1.54, 1.807) is 11.3 Å². The first-order valence-electron chi connectivity index (χ1n) is 7.80. The lowest BCUT2D eigenvalue weighted by atomic mass is 10.1. The van der Waals surface area contributed by atoms with Gasteiger partial charge in [0, 0.05) is 10.9 Å². The predicted octanol–water partition coefficient (Wildman–Crippen LogP) is 3.93. The summed E-state index contributed by atoms with van der Waals surface area (Å²) in [5, 5.41) is 5.59. The highest BCUT2D eigenvalue weighted by molar-refractivity contribution is 7.10. The lowest BCUT2D eigenvalue weighted by Gasteiger charge is -2.30. The van der Waals surface area contributed by atoms with Gasteiger partial charge in [-0.2, -0.15) is 0 Å². The molecule has 2 heterocycles. The SMILES string of the molecule is CCCCCC(C)N1C(=O)C(CC)NC1c1cccs1. The highest BCUT2D eigenvalue weighted by Crippen LogP contribution is 2.32. The molecular formula is C16H26N2OS. The first-order chi connectivity index (χ1) is 9.69. The molecule has 112 valence electrons. The van der Waals surface area contributed by atoms with E-state index in [0.29, 0.717) is 6.04 Å². The number of unbranched alkanes of at least 4 members (excludes halogenated alkanes) is 2. The molecule has 1 aliphatic rings. The highest BCUT2D eigenvalue weighted by Gasteiger charge is 2.41. The van der Waals surface area contributed by atoms with Crippen molar-refractivity contribution < 1.29 is 4.79 Å². The molecule has 1 fully saturated rings. The summed E-state index contributed by atoms with van der Waals surface area (Å²) < 4.78 is 0. The predicted molar refractivity (Wildman–Crippen MR) is 84.7 cm³/mol. The molecule has 20 heavy (non-hydrogen) atoms. The Hall–Kier alpha value is -0.870. The van der Waals surface area contributed by atoms with Gasteiger partial charge in [-0.15, -0.1) is 11.3 Å². The Morgan fingerprint density at radius 3 is 2.80 bits per heavy atom. The van der Waals surface area contributed by atoms with Crippen molar-refractivity contribution in [2.45, 2.75) is 71.1 Å². The maximum absolute atomic E-state index is 12.6. The molecule has 4 heteroatoms. The fraction of sp³-hybridized carbons (Fsp3) is 0.688. The number of thiophene rings is 1. The fourth-order valence-corrected chi connectivity index (χ4v) is 3.69. The Morgan fingerprint density at radius 1 is 1.40 bits per heavy atom. The molecule has 3 unspecified atom stereocenters. The van der Waals surface area contributed by atoms with Gasteiger partial charge in [0.1, 0.15) is 6.17 Å². The molecule has 3 atom stereocenters. The number of hydrogen-bond donors (Lipinski definition) is 1. The van der Waals surface area contributed by atoms with Crippen molar-refractivity contribution in [1.29, 1.82) is 0 Å². The molecule has 2 rings (SSSR count). The molecule has 1 aliphatic heterocycles. The van der Waals surface area contributed by atoms with Crippen molar-refractivity contribution in [3.8, 4) is 0 Å². The van der Waals surface area contributed by atoms with Gasteiger partial charge < -0.3 is 4.90 Å². The molecule has 0 radical (unpaired) electrons. The fourth-order valence-electron chi connectivity index (χ4n) is 2.91. The quantitative estimate of drug-likeness (QED) is 0.773. The van der Waals surface area contributed by atoms with Crippen molar-refractivity contribution in [3.63, 3.8) is 0 Å². The molecule has 1 amide bonds. The molecule has 1 aromatic heterocycles. The minimum Gasteiger partial charge on any atom is -0.318 e. The molecule has 1 saturated heterocycles. The Morgan fingerprint density at radius 2 is 2.20 bits per heavy atom. The van der Waals surface area contributed by atoms with E-state index >= 15 is 0 Å². The zero-order valence-electron chi connectivity index (χ0n) is 12.8.